The Morgan fingerprint density at radius 2 is 1.86 bits per heavy atom. The summed E-state index contributed by atoms with van der Waals surface area (Å²) in [6.45, 7) is 3.79. The second kappa shape index (κ2) is 8.78. The van der Waals surface area contributed by atoms with Gasteiger partial charge in [0.1, 0.15) is 6.04 Å². The van der Waals surface area contributed by atoms with Gasteiger partial charge in [0, 0.05) is 24.2 Å². The maximum absolute atomic E-state index is 12.0. The minimum Gasteiger partial charge on any atom is -0.464 e. The Labute approximate surface area is 129 Å². The Hall–Kier alpha value is -2.41. The molecule has 0 aliphatic rings. The van der Waals surface area contributed by atoms with E-state index in [9.17, 15) is 14.4 Å². The molecule has 22 heavy (non-hydrogen) atoms. The molecule has 0 saturated heterocycles. The van der Waals surface area contributed by atoms with Crippen molar-refractivity contribution < 1.29 is 19.1 Å². The number of carbonyl (C=O) groups is 3. The van der Waals surface area contributed by atoms with E-state index in [2.05, 4.69) is 10.6 Å². The van der Waals surface area contributed by atoms with Crippen LogP contribution < -0.4 is 16.4 Å². The van der Waals surface area contributed by atoms with Gasteiger partial charge in [-0.3, -0.25) is 9.59 Å². The van der Waals surface area contributed by atoms with Crippen LogP contribution in [0.1, 0.15) is 30.6 Å². The molecule has 1 aromatic carbocycles. The molecule has 0 saturated carbocycles. The molecule has 2 amide bonds. The molecule has 1 rings (SSSR count). The molecule has 0 spiro atoms. The fraction of sp³-hybridized carbons (Fsp3) is 0.400. The van der Waals surface area contributed by atoms with Crippen molar-refractivity contribution >= 4 is 23.5 Å². The summed E-state index contributed by atoms with van der Waals surface area (Å²) in [6, 6.07) is 5.61. The van der Waals surface area contributed by atoms with E-state index in [0.29, 0.717) is 11.3 Å². The van der Waals surface area contributed by atoms with Crippen LogP contribution in [0.3, 0.4) is 0 Å². The highest BCUT2D eigenvalue weighted by atomic mass is 16.5. The van der Waals surface area contributed by atoms with E-state index in [1.807, 2.05) is 0 Å². The van der Waals surface area contributed by atoms with Gasteiger partial charge in [0.2, 0.25) is 5.91 Å². The van der Waals surface area contributed by atoms with Crippen molar-refractivity contribution in [2.45, 2.75) is 26.3 Å². The van der Waals surface area contributed by atoms with Crippen molar-refractivity contribution in [1.82, 2.24) is 5.32 Å². The number of esters is 1. The molecule has 1 unspecified atom stereocenters. The zero-order valence-electron chi connectivity index (χ0n) is 12.7. The Morgan fingerprint density at radius 3 is 2.41 bits per heavy atom. The lowest BCUT2D eigenvalue weighted by Crippen LogP contribution is -2.39. The molecule has 1 atom stereocenters. The van der Waals surface area contributed by atoms with E-state index in [0.717, 1.165) is 0 Å². The Bertz CT molecular complexity index is 528. The topological polar surface area (TPSA) is 111 Å². The third kappa shape index (κ3) is 5.53. The van der Waals surface area contributed by atoms with Gasteiger partial charge >= 0.3 is 5.97 Å². The first kappa shape index (κ1) is 17.6. The standard InChI is InChI=1S/C15H21N3O4/c1-3-22-15(21)10(2)17-14(20)11-4-6-12(7-5-11)18-13(19)8-9-16/h4-7,10H,3,8-9,16H2,1-2H3,(H,17,20)(H,18,19). The number of nitrogens with one attached hydrogen (secondary N) is 2. The molecular weight excluding hydrogens is 286 g/mol. The van der Waals surface area contributed by atoms with Crippen LogP contribution in [0.2, 0.25) is 0 Å². The maximum atomic E-state index is 12.0. The molecule has 7 heteroatoms. The molecule has 0 fully saturated rings. The largest absolute Gasteiger partial charge is 0.464 e. The van der Waals surface area contributed by atoms with Crippen molar-refractivity contribution in [1.29, 1.82) is 0 Å². The van der Waals surface area contributed by atoms with Crippen LogP contribution in [0, 0.1) is 0 Å². The summed E-state index contributed by atoms with van der Waals surface area (Å²) in [5.41, 5.74) is 6.25. The number of nitrogens with two attached hydrogens (primary N) is 1. The third-order valence-electron chi connectivity index (χ3n) is 2.79. The van der Waals surface area contributed by atoms with Gasteiger partial charge in [-0.25, -0.2) is 4.79 Å². The summed E-state index contributed by atoms with van der Waals surface area (Å²) < 4.78 is 4.81. The molecule has 0 aromatic heterocycles. The van der Waals surface area contributed by atoms with Crippen molar-refractivity contribution in [2.75, 3.05) is 18.5 Å². The first-order valence-corrected chi connectivity index (χ1v) is 7.05. The monoisotopic (exact) mass is 307 g/mol. The van der Waals surface area contributed by atoms with Crippen LogP contribution in [0.15, 0.2) is 24.3 Å². The molecule has 120 valence electrons. The minimum absolute atomic E-state index is 0.185. The number of amides is 2. The molecule has 1 aromatic rings. The number of carbonyl (C=O) groups excluding carboxylic acids is 3. The number of anilines is 1. The lowest BCUT2D eigenvalue weighted by Gasteiger charge is -2.13. The van der Waals surface area contributed by atoms with Crippen LogP contribution in [0.4, 0.5) is 5.69 Å². The normalized spacial score (nSPS) is 11.4. The molecule has 0 heterocycles. The van der Waals surface area contributed by atoms with E-state index < -0.39 is 12.0 Å². The highest BCUT2D eigenvalue weighted by Crippen LogP contribution is 2.10. The smallest absolute Gasteiger partial charge is 0.328 e. The van der Waals surface area contributed by atoms with E-state index in [4.69, 9.17) is 10.5 Å². The first-order chi connectivity index (χ1) is 10.5. The summed E-state index contributed by atoms with van der Waals surface area (Å²) in [5, 5.41) is 5.20. The molecular formula is C15H21N3O4. The average molecular weight is 307 g/mol. The van der Waals surface area contributed by atoms with Crippen molar-refractivity contribution in [3.63, 3.8) is 0 Å². The summed E-state index contributed by atoms with van der Waals surface area (Å²) >= 11 is 0. The van der Waals surface area contributed by atoms with Crippen molar-refractivity contribution in [3.8, 4) is 0 Å². The first-order valence-electron chi connectivity index (χ1n) is 7.05. The molecule has 0 radical (unpaired) electrons. The second-order valence-corrected chi connectivity index (χ2v) is 4.61. The zero-order chi connectivity index (χ0) is 16.5. The summed E-state index contributed by atoms with van der Waals surface area (Å²) in [4.78, 5) is 34.8. The van der Waals surface area contributed by atoms with Crippen LogP contribution >= 0.6 is 0 Å². The van der Waals surface area contributed by atoms with Crippen molar-refractivity contribution in [2.24, 2.45) is 5.73 Å². The predicted octanol–water partition coefficient (Wildman–Crippen LogP) is 0.655. The number of benzene rings is 1. The maximum Gasteiger partial charge on any atom is 0.328 e. The predicted molar refractivity (Wildman–Crippen MR) is 82.3 cm³/mol. The van der Waals surface area contributed by atoms with Gasteiger partial charge in [0.25, 0.3) is 5.91 Å². The Morgan fingerprint density at radius 1 is 1.23 bits per heavy atom. The second-order valence-electron chi connectivity index (χ2n) is 4.61. The number of rotatable bonds is 7. The fourth-order valence-corrected chi connectivity index (χ4v) is 1.67. The number of hydrogen-bond donors (Lipinski definition) is 3. The number of ether oxygens (including phenoxy) is 1. The third-order valence-corrected chi connectivity index (χ3v) is 2.79. The lowest BCUT2D eigenvalue weighted by molar-refractivity contribution is -0.144. The van der Waals surface area contributed by atoms with Crippen LogP contribution in [0.5, 0.6) is 0 Å². The van der Waals surface area contributed by atoms with E-state index >= 15 is 0 Å². The van der Waals surface area contributed by atoms with E-state index in [1.54, 1.807) is 38.1 Å². The fourth-order valence-electron chi connectivity index (χ4n) is 1.67. The zero-order valence-corrected chi connectivity index (χ0v) is 12.7. The summed E-state index contributed by atoms with van der Waals surface area (Å²) in [5.74, 6) is -1.06. The van der Waals surface area contributed by atoms with Gasteiger partial charge < -0.3 is 21.1 Å². The van der Waals surface area contributed by atoms with E-state index in [1.165, 1.54) is 0 Å². The Balaban J connectivity index is 2.60. The quantitative estimate of drug-likeness (QED) is 0.641. The highest BCUT2D eigenvalue weighted by molar-refractivity contribution is 5.97. The van der Waals surface area contributed by atoms with Gasteiger partial charge in [-0.15, -0.1) is 0 Å². The van der Waals surface area contributed by atoms with Crippen molar-refractivity contribution in [3.05, 3.63) is 29.8 Å². The van der Waals surface area contributed by atoms with Crippen LogP contribution in [0.25, 0.3) is 0 Å². The van der Waals surface area contributed by atoms with Crippen LogP contribution in [-0.4, -0.2) is 37.0 Å². The summed E-state index contributed by atoms with van der Waals surface area (Å²) in [7, 11) is 0. The van der Waals surface area contributed by atoms with E-state index in [-0.39, 0.29) is 31.4 Å². The van der Waals surface area contributed by atoms with Gasteiger partial charge in [-0.2, -0.15) is 0 Å². The molecule has 0 aliphatic carbocycles. The summed E-state index contributed by atoms with van der Waals surface area (Å²) in [6.07, 6.45) is 0.235. The van der Waals surface area contributed by atoms with Crippen LogP contribution in [-0.2, 0) is 14.3 Å². The van der Waals surface area contributed by atoms with Gasteiger partial charge in [-0.05, 0) is 38.1 Å². The van der Waals surface area contributed by atoms with Gasteiger partial charge in [0.05, 0.1) is 6.61 Å². The average Bonchev–Trinajstić information content (AvgIpc) is 2.48. The Kier molecular flexibility index (Phi) is 7.04. The SMILES string of the molecule is CCOC(=O)C(C)NC(=O)c1ccc(NC(=O)CCN)cc1. The van der Waals surface area contributed by atoms with Gasteiger partial charge in [0.15, 0.2) is 0 Å². The lowest BCUT2D eigenvalue weighted by atomic mass is 10.1. The molecule has 7 nitrogen and oxygen atoms in total. The highest BCUT2D eigenvalue weighted by Gasteiger charge is 2.17. The minimum atomic E-state index is -0.726. The molecule has 0 bridgehead atoms. The molecule has 0 aliphatic heterocycles. The van der Waals surface area contributed by atoms with Gasteiger partial charge in [-0.1, -0.05) is 0 Å². The number of hydrogen-bond acceptors (Lipinski definition) is 5. The molecule has 4 N–H and O–H groups in total.